The van der Waals surface area contributed by atoms with Gasteiger partial charge < -0.3 is 10.2 Å². The molecular formula is C21H21F2N5O2S. The van der Waals surface area contributed by atoms with Crippen LogP contribution in [0.3, 0.4) is 0 Å². The number of nitrogens with zero attached hydrogens (tertiary/aromatic N) is 4. The van der Waals surface area contributed by atoms with Gasteiger partial charge in [-0.2, -0.15) is 4.31 Å². The van der Waals surface area contributed by atoms with Crippen LogP contribution in [0.2, 0.25) is 0 Å². The Kier molecular flexibility index (Phi) is 4.78. The monoisotopic (exact) mass is 445 g/mol. The van der Waals surface area contributed by atoms with Crippen molar-refractivity contribution in [1.82, 2.24) is 14.3 Å². The van der Waals surface area contributed by atoms with Gasteiger partial charge in [0.25, 0.3) is 6.43 Å². The summed E-state index contributed by atoms with van der Waals surface area (Å²) in [7, 11) is -3.26. The minimum Gasteiger partial charge on any atom is -0.370 e. The van der Waals surface area contributed by atoms with Gasteiger partial charge in [0.15, 0.2) is 0 Å². The molecule has 3 aromatic rings. The molecule has 1 fully saturated rings. The second kappa shape index (κ2) is 7.38. The van der Waals surface area contributed by atoms with Crippen molar-refractivity contribution < 1.29 is 17.2 Å². The Hall–Kier alpha value is -2.85. The third-order valence-corrected chi connectivity index (χ3v) is 6.96. The first-order valence-electron chi connectivity index (χ1n) is 9.96. The number of sulfonamides is 1. The SMILES string of the molecule is CS(=O)(=O)N1Cc2ccc(Nc3ncc4cc(C(F)F)cc(N5CCC5)c4n3)cc2C1. The largest absolute Gasteiger partial charge is 0.370 e. The molecule has 0 spiro atoms. The number of benzene rings is 2. The summed E-state index contributed by atoms with van der Waals surface area (Å²) >= 11 is 0. The minimum atomic E-state index is -3.26. The molecule has 5 rings (SSSR count). The molecule has 162 valence electrons. The lowest BCUT2D eigenvalue weighted by atomic mass is 10.1. The molecule has 7 nitrogen and oxygen atoms in total. The molecular weight excluding hydrogens is 424 g/mol. The molecule has 1 aromatic heterocycles. The molecule has 3 heterocycles. The van der Waals surface area contributed by atoms with Crippen LogP contribution in [0.1, 0.15) is 29.5 Å². The molecule has 2 aliphatic heterocycles. The molecule has 0 saturated carbocycles. The number of anilines is 3. The first kappa shape index (κ1) is 20.1. The molecule has 2 aromatic carbocycles. The molecule has 1 N–H and O–H groups in total. The fourth-order valence-corrected chi connectivity index (χ4v) is 4.69. The molecule has 0 bridgehead atoms. The maximum Gasteiger partial charge on any atom is 0.263 e. The highest BCUT2D eigenvalue weighted by Gasteiger charge is 2.26. The van der Waals surface area contributed by atoms with Gasteiger partial charge in [-0.25, -0.2) is 27.2 Å². The van der Waals surface area contributed by atoms with Crippen molar-refractivity contribution in [3.8, 4) is 0 Å². The normalized spacial score (nSPS) is 16.6. The highest BCUT2D eigenvalue weighted by Crippen LogP contribution is 2.34. The zero-order chi connectivity index (χ0) is 21.8. The molecule has 31 heavy (non-hydrogen) atoms. The van der Waals surface area contributed by atoms with E-state index in [4.69, 9.17) is 0 Å². The van der Waals surface area contributed by atoms with Crippen LogP contribution in [0.15, 0.2) is 36.5 Å². The van der Waals surface area contributed by atoms with E-state index in [-0.39, 0.29) is 5.56 Å². The predicted octanol–water partition coefficient (Wildman–Crippen LogP) is 3.80. The van der Waals surface area contributed by atoms with Crippen LogP contribution in [0.5, 0.6) is 0 Å². The molecule has 10 heteroatoms. The van der Waals surface area contributed by atoms with E-state index in [1.165, 1.54) is 22.7 Å². The van der Waals surface area contributed by atoms with Crippen molar-refractivity contribution >= 4 is 38.2 Å². The van der Waals surface area contributed by atoms with Gasteiger partial charge in [-0.05, 0) is 41.8 Å². The van der Waals surface area contributed by atoms with Gasteiger partial charge in [-0.15, -0.1) is 0 Å². The second-order valence-corrected chi connectivity index (χ2v) is 9.93. The molecule has 0 unspecified atom stereocenters. The Morgan fingerprint density at radius 1 is 1.10 bits per heavy atom. The lowest BCUT2D eigenvalue weighted by Gasteiger charge is -2.34. The van der Waals surface area contributed by atoms with Crippen LogP contribution in [0.25, 0.3) is 10.9 Å². The van der Waals surface area contributed by atoms with E-state index in [0.29, 0.717) is 35.6 Å². The highest BCUT2D eigenvalue weighted by atomic mass is 32.2. The summed E-state index contributed by atoms with van der Waals surface area (Å²) in [4.78, 5) is 11.0. The van der Waals surface area contributed by atoms with E-state index in [9.17, 15) is 17.2 Å². The van der Waals surface area contributed by atoms with Crippen LogP contribution < -0.4 is 10.2 Å². The summed E-state index contributed by atoms with van der Waals surface area (Å²) < 4.78 is 51.7. The third-order valence-electron chi connectivity index (χ3n) is 5.76. The van der Waals surface area contributed by atoms with Crippen molar-refractivity contribution in [2.24, 2.45) is 0 Å². The van der Waals surface area contributed by atoms with Gasteiger partial charge in [0, 0.05) is 49.0 Å². The Bertz CT molecular complexity index is 1280. The Labute approximate surface area is 178 Å². The van der Waals surface area contributed by atoms with Crippen LogP contribution >= 0.6 is 0 Å². The Morgan fingerprint density at radius 2 is 1.87 bits per heavy atom. The summed E-state index contributed by atoms with van der Waals surface area (Å²) in [5.74, 6) is 0.358. The molecule has 0 aliphatic carbocycles. The van der Waals surface area contributed by atoms with Crippen molar-refractivity contribution in [2.45, 2.75) is 25.9 Å². The van der Waals surface area contributed by atoms with Crippen LogP contribution in [-0.4, -0.2) is 42.0 Å². The van der Waals surface area contributed by atoms with Crippen molar-refractivity contribution in [3.05, 3.63) is 53.2 Å². The van der Waals surface area contributed by atoms with Crippen molar-refractivity contribution in [3.63, 3.8) is 0 Å². The average Bonchev–Trinajstić information content (AvgIpc) is 3.10. The standard InChI is InChI=1S/C21H21F2N5O2S/c1-31(29,30)28-11-13-3-4-17(8-16(13)12-28)25-21-24-10-15-7-14(20(22)23)9-18(19(15)26-21)27-5-2-6-27/h3-4,7-10,20H,2,5-6,11-12H2,1H3,(H,24,25,26). The fraction of sp³-hybridized carbons (Fsp3) is 0.333. The summed E-state index contributed by atoms with van der Waals surface area (Å²) in [6.07, 6.45) is 1.23. The zero-order valence-corrected chi connectivity index (χ0v) is 17.7. The number of halogens is 2. The summed E-state index contributed by atoms with van der Waals surface area (Å²) in [5.41, 5.74) is 3.93. The van der Waals surface area contributed by atoms with Crippen molar-refractivity contribution in [1.29, 1.82) is 0 Å². The van der Waals surface area contributed by atoms with E-state index in [0.717, 1.165) is 36.3 Å². The third kappa shape index (κ3) is 3.81. The smallest absolute Gasteiger partial charge is 0.263 e. The van der Waals surface area contributed by atoms with Crippen LogP contribution in [0.4, 0.5) is 26.1 Å². The Balaban J connectivity index is 1.46. The lowest BCUT2D eigenvalue weighted by molar-refractivity contribution is 0.151. The average molecular weight is 445 g/mol. The first-order valence-corrected chi connectivity index (χ1v) is 11.8. The summed E-state index contributed by atoms with van der Waals surface area (Å²) in [5, 5.41) is 3.73. The molecule has 0 radical (unpaired) electrons. The van der Waals surface area contributed by atoms with E-state index in [1.807, 2.05) is 23.1 Å². The van der Waals surface area contributed by atoms with Crippen molar-refractivity contribution in [2.75, 3.05) is 29.6 Å². The van der Waals surface area contributed by atoms with E-state index >= 15 is 0 Å². The van der Waals surface area contributed by atoms with E-state index in [1.54, 1.807) is 6.20 Å². The lowest BCUT2D eigenvalue weighted by Crippen LogP contribution is -2.37. The fourth-order valence-electron chi connectivity index (χ4n) is 3.94. The van der Waals surface area contributed by atoms with Gasteiger partial charge in [0.1, 0.15) is 0 Å². The van der Waals surface area contributed by atoms with Gasteiger partial charge in [-0.1, -0.05) is 6.07 Å². The van der Waals surface area contributed by atoms with Gasteiger partial charge in [0.05, 0.1) is 17.5 Å². The number of hydrogen-bond acceptors (Lipinski definition) is 6. The summed E-state index contributed by atoms with van der Waals surface area (Å²) in [6.45, 7) is 2.33. The van der Waals surface area contributed by atoms with E-state index in [2.05, 4.69) is 15.3 Å². The van der Waals surface area contributed by atoms with Gasteiger partial charge >= 0.3 is 0 Å². The topological polar surface area (TPSA) is 78.4 Å². The first-order chi connectivity index (χ1) is 14.8. The molecule has 2 aliphatic rings. The molecule has 0 amide bonds. The van der Waals surface area contributed by atoms with Crippen LogP contribution in [-0.2, 0) is 23.1 Å². The van der Waals surface area contributed by atoms with Crippen LogP contribution in [0, 0.1) is 0 Å². The predicted molar refractivity (Wildman–Crippen MR) is 115 cm³/mol. The van der Waals surface area contributed by atoms with Gasteiger partial charge in [0.2, 0.25) is 16.0 Å². The number of fused-ring (bicyclic) bond motifs is 2. The maximum atomic E-state index is 13.3. The van der Waals surface area contributed by atoms with E-state index < -0.39 is 16.4 Å². The Morgan fingerprint density at radius 3 is 2.55 bits per heavy atom. The quantitative estimate of drug-likeness (QED) is 0.644. The van der Waals surface area contributed by atoms with Gasteiger partial charge in [-0.3, -0.25) is 0 Å². The second-order valence-electron chi connectivity index (χ2n) is 7.95. The molecule has 1 saturated heterocycles. The maximum absolute atomic E-state index is 13.3. The number of hydrogen-bond donors (Lipinski definition) is 1. The molecule has 0 atom stereocenters. The number of nitrogens with one attached hydrogen (secondary N) is 1. The number of aromatic nitrogens is 2. The highest BCUT2D eigenvalue weighted by molar-refractivity contribution is 7.88. The summed E-state index contributed by atoms with van der Waals surface area (Å²) in [6, 6.07) is 8.59. The minimum absolute atomic E-state index is 0.0345. The zero-order valence-electron chi connectivity index (χ0n) is 16.8. The number of rotatable bonds is 5. The number of alkyl halides is 2.